The molecule has 4 nitrogen and oxygen atoms in total. The molecule has 0 aromatic heterocycles. The lowest BCUT2D eigenvalue weighted by molar-refractivity contribution is -0.137. The summed E-state index contributed by atoms with van der Waals surface area (Å²) < 4.78 is 0. The number of rotatable bonds is 2. The van der Waals surface area contributed by atoms with E-state index in [1.54, 1.807) is 0 Å². The van der Waals surface area contributed by atoms with Crippen molar-refractivity contribution in [2.45, 2.75) is 51.2 Å². The fourth-order valence-corrected chi connectivity index (χ4v) is 3.32. The molecule has 2 unspecified atom stereocenters. The Morgan fingerprint density at radius 2 is 2.06 bits per heavy atom. The molecule has 1 N–H and O–H groups in total. The molecule has 2 aliphatic rings. The maximum Gasteiger partial charge on any atom is 0.223 e. The molecule has 2 heterocycles. The van der Waals surface area contributed by atoms with Gasteiger partial charge in [-0.2, -0.15) is 0 Å². The number of piperidine rings is 1. The monoisotopic (exact) mass is 254 g/mol. The highest BCUT2D eigenvalue weighted by Crippen LogP contribution is 2.31. The van der Waals surface area contributed by atoms with Crippen molar-refractivity contribution in [3.63, 3.8) is 0 Å². The summed E-state index contributed by atoms with van der Waals surface area (Å²) in [5.74, 6) is 0.710. The maximum absolute atomic E-state index is 12.4. The van der Waals surface area contributed by atoms with Crippen LogP contribution in [0.25, 0.3) is 0 Å². The third kappa shape index (κ3) is 2.69. The third-order valence-corrected chi connectivity index (χ3v) is 4.62. The number of hydrogen-bond donors (Lipinski definition) is 1. The van der Waals surface area contributed by atoms with Crippen LogP contribution in [0.5, 0.6) is 0 Å². The number of hydrogen-bond acceptors (Lipinski definition) is 3. The largest absolute Gasteiger partial charge is 0.391 e. The van der Waals surface area contributed by atoms with Crippen LogP contribution in [0.1, 0.15) is 39.5 Å². The van der Waals surface area contributed by atoms with Gasteiger partial charge < -0.3 is 14.9 Å². The first-order valence-corrected chi connectivity index (χ1v) is 7.08. The molecule has 0 bridgehead atoms. The molecule has 0 aromatic rings. The van der Waals surface area contributed by atoms with E-state index in [1.807, 2.05) is 18.7 Å². The number of aliphatic hydroxyl groups is 1. The second-order valence-electron chi connectivity index (χ2n) is 6.48. The molecule has 0 aromatic carbocycles. The quantitative estimate of drug-likeness (QED) is 0.802. The molecule has 104 valence electrons. The van der Waals surface area contributed by atoms with Gasteiger partial charge in [0.15, 0.2) is 0 Å². The summed E-state index contributed by atoms with van der Waals surface area (Å²) in [5.41, 5.74) is -0.391. The van der Waals surface area contributed by atoms with Crippen LogP contribution in [0.4, 0.5) is 0 Å². The predicted octanol–water partition coefficient (Wildman–Crippen LogP) is 1.09. The van der Waals surface area contributed by atoms with Gasteiger partial charge in [-0.25, -0.2) is 0 Å². The predicted molar refractivity (Wildman–Crippen MR) is 71.3 cm³/mol. The van der Waals surface area contributed by atoms with Crippen molar-refractivity contribution in [2.75, 3.05) is 26.7 Å². The second kappa shape index (κ2) is 5.17. The van der Waals surface area contributed by atoms with Gasteiger partial charge in [0.25, 0.3) is 0 Å². The first-order chi connectivity index (χ1) is 8.41. The van der Waals surface area contributed by atoms with Gasteiger partial charge in [0.05, 0.1) is 11.6 Å². The van der Waals surface area contributed by atoms with Crippen molar-refractivity contribution >= 4 is 5.91 Å². The molecule has 2 saturated heterocycles. The summed E-state index contributed by atoms with van der Waals surface area (Å²) in [6.07, 6.45) is 3.33. The normalized spacial score (nSPS) is 32.8. The van der Waals surface area contributed by atoms with Crippen molar-refractivity contribution in [3.8, 4) is 0 Å². The third-order valence-electron chi connectivity index (χ3n) is 4.62. The van der Waals surface area contributed by atoms with E-state index in [2.05, 4.69) is 11.9 Å². The zero-order valence-electron chi connectivity index (χ0n) is 11.9. The minimum atomic E-state index is -0.391. The van der Waals surface area contributed by atoms with E-state index >= 15 is 0 Å². The van der Waals surface area contributed by atoms with Crippen LogP contribution in [0.15, 0.2) is 0 Å². The first-order valence-electron chi connectivity index (χ1n) is 7.08. The lowest BCUT2D eigenvalue weighted by atomic mass is 9.93. The fraction of sp³-hybridized carbons (Fsp3) is 0.929. The van der Waals surface area contributed by atoms with Gasteiger partial charge in [0, 0.05) is 19.5 Å². The van der Waals surface area contributed by atoms with Crippen LogP contribution >= 0.6 is 0 Å². The molecule has 2 fully saturated rings. The number of carbonyl (C=O) groups is 1. The maximum atomic E-state index is 12.4. The molecule has 0 saturated carbocycles. The first kappa shape index (κ1) is 13.8. The Kier molecular flexibility index (Phi) is 3.97. The van der Waals surface area contributed by atoms with Gasteiger partial charge in [-0.15, -0.1) is 0 Å². The molecular formula is C14H26N2O2. The number of aliphatic hydroxyl groups excluding tert-OH is 1. The SMILES string of the molecule is CN1CCCC(CC(=O)N2CCC(O)C2(C)C)C1. The van der Waals surface area contributed by atoms with Gasteiger partial charge >= 0.3 is 0 Å². The van der Waals surface area contributed by atoms with Crippen molar-refractivity contribution in [2.24, 2.45) is 5.92 Å². The highest BCUT2D eigenvalue weighted by Gasteiger charge is 2.43. The Labute approximate surface area is 110 Å². The topological polar surface area (TPSA) is 43.8 Å². The zero-order chi connectivity index (χ0) is 13.3. The van der Waals surface area contributed by atoms with Crippen LogP contribution in [0, 0.1) is 5.92 Å². The number of amides is 1. The minimum absolute atomic E-state index is 0.219. The summed E-state index contributed by atoms with van der Waals surface area (Å²) in [4.78, 5) is 16.6. The smallest absolute Gasteiger partial charge is 0.223 e. The standard InChI is InChI=1S/C14H26N2O2/c1-14(2)12(17)6-8-16(14)13(18)9-11-5-4-7-15(3)10-11/h11-12,17H,4-10H2,1-3H3. The second-order valence-corrected chi connectivity index (χ2v) is 6.48. The number of nitrogens with zero attached hydrogens (tertiary/aromatic N) is 2. The van der Waals surface area contributed by atoms with E-state index in [0.717, 1.165) is 19.5 Å². The van der Waals surface area contributed by atoms with E-state index in [1.165, 1.54) is 6.42 Å². The molecule has 0 spiro atoms. The lowest BCUT2D eigenvalue weighted by Gasteiger charge is -2.36. The number of carbonyl (C=O) groups excluding carboxylic acids is 1. The Balaban J connectivity index is 1.92. The van der Waals surface area contributed by atoms with Crippen molar-refractivity contribution in [1.82, 2.24) is 9.80 Å². The summed E-state index contributed by atoms with van der Waals surface area (Å²) in [5, 5.41) is 9.92. The fourth-order valence-electron chi connectivity index (χ4n) is 3.32. The van der Waals surface area contributed by atoms with Crippen LogP contribution in [-0.2, 0) is 4.79 Å². The van der Waals surface area contributed by atoms with E-state index in [-0.39, 0.29) is 12.0 Å². The zero-order valence-corrected chi connectivity index (χ0v) is 11.9. The summed E-state index contributed by atoms with van der Waals surface area (Å²) in [7, 11) is 2.13. The molecule has 0 aliphatic carbocycles. The van der Waals surface area contributed by atoms with E-state index < -0.39 is 5.54 Å². The van der Waals surface area contributed by atoms with E-state index in [4.69, 9.17) is 0 Å². The Bertz CT molecular complexity index is 317. The van der Waals surface area contributed by atoms with E-state index in [9.17, 15) is 9.90 Å². The van der Waals surface area contributed by atoms with Gasteiger partial charge in [0.1, 0.15) is 0 Å². The van der Waals surface area contributed by atoms with Crippen LogP contribution in [0.2, 0.25) is 0 Å². The van der Waals surface area contributed by atoms with E-state index in [0.29, 0.717) is 25.3 Å². The minimum Gasteiger partial charge on any atom is -0.391 e. The molecule has 4 heteroatoms. The molecule has 0 radical (unpaired) electrons. The lowest BCUT2D eigenvalue weighted by Crippen LogP contribution is -2.49. The Morgan fingerprint density at radius 1 is 1.33 bits per heavy atom. The highest BCUT2D eigenvalue weighted by atomic mass is 16.3. The van der Waals surface area contributed by atoms with Crippen molar-refractivity contribution < 1.29 is 9.90 Å². The van der Waals surface area contributed by atoms with Gasteiger partial charge in [-0.3, -0.25) is 4.79 Å². The molecule has 18 heavy (non-hydrogen) atoms. The van der Waals surface area contributed by atoms with Crippen molar-refractivity contribution in [3.05, 3.63) is 0 Å². The average Bonchev–Trinajstić information content (AvgIpc) is 2.54. The molecular weight excluding hydrogens is 228 g/mol. The Morgan fingerprint density at radius 3 is 2.61 bits per heavy atom. The van der Waals surface area contributed by atoms with Gasteiger partial charge in [-0.05, 0) is 52.6 Å². The number of likely N-dealkylation sites (tertiary alicyclic amines) is 2. The average molecular weight is 254 g/mol. The van der Waals surface area contributed by atoms with Crippen molar-refractivity contribution in [1.29, 1.82) is 0 Å². The van der Waals surface area contributed by atoms with Crippen LogP contribution in [-0.4, -0.2) is 59.1 Å². The summed E-state index contributed by atoms with van der Waals surface area (Å²) in [6, 6.07) is 0. The Hall–Kier alpha value is -0.610. The van der Waals surface area contributed by atoms with Gasteiger partial charge in [0.2, 0.25) is 5.91 Å². The summed E-state index contributed by atoms with van der Waals surface area (Å²) >= 11 is 0. The van der Waals surface area contributed by atoms with Crippen LogP contribution in [0.3, 0.4) is 0 Å². The molecule has 2 rings (SSSR count). The van der Waals surface area contributed by atoms with Crippen LogP contribution < -0.4 is 0 Å². The van der Waals surface area contributed by atoms with Gasteiger partial charge in [-0.1, -0.05) is 0 Å². The molecule has 2 atom stereocenters. The molecule has 2 aliphatic heterocycles. The molecule has 1 amide bonds. The highest BCUT2D eigenvalue weighted by molar-refractivity contribution is 5.77. The summed E-state index contributed by atoms with van der Waals surface area (Å²) in [6.45, 7) is 6.82.